The van der Waals surface area contributed by atoms with E-state index in [4.69, 9.17) is 4.74 Å². The average molecular weight is 373 g/mol. The Kier molecular flexibility index (Phi) is 6.30. The number of ether oxygens (including phenoxy) is 1. The van der Waals surface area contributed by atoms with Gasteiger partial charge in [-0.05, 0) is 68.3 Å². The maximum Gasteiger partial charge on any atom is 0.176 e. The molecule has 0 spiro atoms. The molecule has 0 fully saturated rings. The third-order valence-corrected chi connectivity index (χ3v) is 4.61. The van der Waals surface area contributed by atoms with Crippen molar-refractivity contribution in [1.29, 1.82) is 0 Å². The summed E-state index contributed by atoms with van der Waals surface area (Å²) in [6, 6.07) is 25.2. The molecule has 0 saturated carbocycles. The minimum Gasteiger partial charge on any atom is -0.364 e. The molecule has 0 aliphatic rings. The highest BCUT2D eigenvalue weighted by Gasteiger charge is 2.12. The summed E-state index contributed by atoms with van der Waals surface area (Å²) in [5.41, 5.74) is 7.34. The molecular weight excluding hydrogens is 346 g/mol. The molecule has 0 aromatic heterocycles. The minimum absolute atomic E-state index is 0.337. The van der Waals surface area contributed by atoms with Gasteiger partial charge in [0.05, 0.1) is 6.61 Å². The van der Waals surface area contributed by atoms with Crippen molar-refractivity contribution >= 4 is 17.1 Å². The smallest absolute Gasteiger partial charge is 0.176 e. The number of aryl methyl sites for hydroxylation is 2. The van der Waals surface area contributed by atoms with E-state index in [1.807, 2.05) is 12.1 Å². The van der Waals surface area contributed by atoms with Crippen LogP contribution >= 0.6 is 0 Å². The first-order valence-corrected chi connectivity index (χ1v) is 9.41. The number of rotatable bonds is 7. The molecule has 0 aliphatic carbocycles. The van der Waals surface area contributed by atoms with Crippen LogP contribution in [0, 0.1) is 13.8 Å². The van der Waals surface area contributed by atoms with Crippen LogP contribution in [-0.2, 0) is 11.3 Å². The molecule has 0 radical (unpaired) electrons. The summed E-state index contributed by atoms with van der Waals surface area (Å²) in [4.78, 5) is 2.23. The number of hydrogen-bond acceptors (Lipinski definition) is 3. The molecule has 3 nitrogen and oxygen atoms in total. The molecule has 3 aromatic rings. The summed E-state index contributed by atoms with van der Waals surface area (Å²) >= 11 is 0. The predicted molar refractivity (Wildman–Crippen MR) is 116 cm³/mol. The average Bonchev–Trinajstić information content (AvgIpc) is 2.70. The summed E-state index contributed by atoms with van der Waals surface area (Å²) in [5.74, 6) is 0. The van der Waals surface area contributed by atoms with Gasteiger partial charge in [0.2, 0.25) is 0 Å². The van der Waals surface area contributed by atoms with E-state index in [0.717, 1.165) is 22.6 Å². The van der Waals surface area contributed by atoms with Crippen LogP contribution in [0.2, 0.25) is 0 Å². The Morgan fingerprint density at radius 1 is 0.821 bits per heavy atom. The highest BCUT2D eigenvalue weighted by molar-refractivity contribution is 5.76. The van der Waals surface area contributed by atoms with Crippen LogP contribution in [0.5, 0.6) is 0 Å². The number of benzene rings is 3. The Bertz CT molecular complexity index is 867. The van der Waals surface area contributed by atoms with E-state index in [1.165, 1.54) is 11.1 Å². The maximum atomic E-state index is 9.74. The van der Waals surface area contributed by atoms with E-state index < -0.39 is 6.29 Å². The van der Waals surface area contributed by atoms with Crippen LogP contribution in [0.4, 0.5) is 17.1 Å². The Labute approximate surface area is 167 Å². The fourth-order valence-electron chi connectivity index (χ4n) is 2.89. The van der Waals surface area contributed by atoms with E-state index in [1.54, 1.807) is 6.92 Å². The van der Waals surface area contributed by atoms with Crippen molar-refractivity contribution in [2.45, 2.75) is 33.7 Å². The van der Waals surface area contributed by atoms with Gasteiger partial charge in [-0.1, -0.05) is 54.1 Å². The summed E-state index contributed by atoms with van der Waals surface area (Å²) in [6.45, 7) is 9.97. The van der Waals surface area contributed by atoms with Crippen molar-refractivity contribution in [2.75, 3.05) is 4.90 Å². The Hall–Kier alpha value is -2.88. The number of aliphatic hydroxyl groups excluding tert-OH is 1. The Balaban J connectivity index is 1.89. The zero-order valence-electron chi connectivity index (χ0n) is 16.7. The fraction of sp³-hybridized carbons (Fsp3) is 0.200. The van der Waals surface area contributed by atoms with E-state index >= 15 is 0 Å². The van der Waals surface area contributed by atoms with Crippen LogP contribution in [0.3, 0.4) is 0 Å². The molecule has 28 heavy (non-hydrogen) atoms. The number of aliphatic hydroxyl groups is 1. The zero-order valence-corrected chi connectivity index (χ0v) is 16.7. The van der Waals surface area contributed by atoms with Crippen molar-refractivity contribution in [3.8, 4) is 0 Å². The lowest BCUT2D eigenvalue weighted by atomic mass is 10.1. The normalized spacial score (nSPS) is 11.9. The van der Waals surface area contributed by atoms with Gasteiger partial charge in [0, 0.05) is 17.1 Å². The van der Waals surface area contributed by atoms with Crippen LogP contribution < -0.4 is 4.90 Å². The molecule has 1 unspecified atom stereocenters. The predicted octanol–water partition coefficient (Wildman–Crippen LogP) is 6.18. The standard InChI is InChI=1S/C25H27NO2/c1-18(2)25(27)28-17-21-9-15-24(16-10-21)26(22-11-5-19(3)6-12-22)23-13-7-20(4)8-14-23/h5-16,25,27H,1,17H2,2-4H3. The lowest BCUT2D eigenvalue weighted by Crippen LogP contribution is -2.12. The summed E-state index contributed by atoms with van der Waals surface area (Å²) in [5, 5.41) is 9.74. The second kappa shape index (κ2) is 8.87. The van der Waals surface area contributed by atoms with Gasteiger partial charge in [-0.2, -0.15) is 0 Å². The number of hydrogen-bond donors (Lipinski definition) is 1. The van der Waals surface area contributed by atoms with E-state index in [0.29, 0.717) is 12.2 Å². The van der Waals surface area contributed by atoms with Crippen LogP contribution in [0.15, 0.2) is 84.9 Å². The molecule has 0 amide bonds. The Morgan fingerprint density at radius 2 is 1.21 bits per heavy atom. The number of nitrogens with zero attached hydrogens (tertiary/aromatic N) is 1. The molecule has 0 bridgehead atoms. The lowest BCUT2D eigenvalue weighted by molar-refractivity contribution is -0.0808. The van der Waals surface area contributed by atoms with Gasteiger partial charge in [-0.25, -0.2) is 0 Å². The molecular formula is C25H27NO2. The number of anilines is 3. The molecule has 1 atom stereocenters. The molecule has 0 saturated heterocycles. The summed E-state index contributed by atoms with van der Waals surface area (Å²) < 4.78 is 5.43. The Morgan fingerprint density at radius 3 is 1.61 bits per heavy atom. The second-order valence-corrected chi connectivity index (χ2v) is 7.18. The van der Waals surface area contributed by atoms with E-state index in [-0.39, 0.29) is 0 Å². The van der Waals surface area contributed by atoms with Gasteiger partial charge in [-0.3, -0.25) is 0 Å². The van der Waals surface area contributed by atoms with Crippen molar-refractivity contribution in [2.24, 2.45) is 0 Å². The highest BCUT2D eigenvalue weighted by Crippen LogP contribution is 2.34. The van der Waals surface area contributed by atoms with E-state index in [9.17, 15) is 5.11 Å². The molecule has 3 heteroatoms. The SMILES string of the molecule is C=C(C)C(O)OCc1ccc(N(c2ccc(C)cc2)c2ccc(C)cc2)cc1. The quantitative estimate of drug-likeness (QED) is 0.396. The first-order valence-electron chi connectivity index (χ1n) is 9.41. The van der Waals surface area contributed by atoms with Crippen molar-refractivity contribution < 1.29 is 9.84 Å². The summed E-state index contributed by atoms with van der Waals surface area (Å²) in [6.07, 6.45) is -0.934. The zero-order chi connectivity index (χ0) is 20.1. The minimum atomic E-state index is -0.934. The first kappa shape index (κ1) is 19.9. The molecule has 3 rings (SSSR count). The van der Waals surface area contributed by atoms with Gasteiger partial charge in [0.25, 0.3) is 0 Å². The third-order valence-electron chi connectivity index (χ3n) is 4.61. The van der Waals surface area contributed by atoms with Crippen LogP contribution in [0.25, 0.3) is 0 Å². The third kappa shape index (κ3) is 4.89. The van der Waals surface area contributed by atoms with Gasteiger partial charge in [0.1, 0.15) is 0 Å². The summed E-state index contributed by atoms with van der Waals surface area (Å²) in [7, 11) is 0. The van der Waals surface area contributed by atoms with E-state index in [2.05, 4.69) is 86.0 Å². The van der Waals surface area contributed by atoms with Gasteiger partial charge >= 0.3 is 0 Å². The van der Waals surface area contributed by atoms with Crippen LogP contribution in [-0.4, -0.2) is 11.4 Å². The highest BCUT2D eigenvalue weighted by atomic mass is 16.6. The molecule has 0 heterocycles. The van der Waals surface area contributed by atoms with Gasteiger partial charge in [-0.15, -0.1) is 0 Å². The largest absolute Gasteiger partial charge is 0.364 e. The van der Waals surface area contributed by atoms with Crippen molar-refractivity contribution in [3.05, 3.63) is 102 Å². The molecule has 1 N–H and O–H groups in total. The molecule has 0 aliphatic heterocycles. The molecule has 3 aromatic carbocycles. The molecule has 144 valence electrons. The first-order chi connectivity index (χ1) is 13.4. The maximum absolute atomic E-state index is 9.74. The van der Waals surface area contributed by atoms with Crippen molar-refractivity contribution in [1.82, 2.24) is 0 Å². The lowest BCUT2D eigenvalue weighted by Gasteiger charge is -2.26. The fourth-order valence-corrected chi connectivity index (χ4v) is 2.89. The topological polar surface area (TPSA) is 32.7 Å². The monoisotopic (exact) mass is 373 g/mol. The van der Waals surface area contributed by atoms with Crippen molar-refractivity contribution in [3.63, 3.8) is 0 Å². The van der Waals surface area contributed by atoms with Gasteiger partial charge in [0.15, 0.2) is 6.29 Å². The van der Waals surface area contributed by atoms with Gasteiger partial charge < -0.3 is 14.7 Å². The second-order valence-electron chi connectivity index (χ2n) is 7.18. The van der Waals surface area contributed by atoms with Crippen LogP contribution in [0.1, 0.15) is 23.6 Å².